The normalized spacial score (nSPS) is 14.0. The fraction of sp³-hybridized carbons (Fsp3) is 0.350. The number of hydrogen-bond donors (Lipinski definition) is 1. The summed E-state index contributed by atoms with van der Waals surface area (Å²) >= 11 is 0. The summed E-state index contributed by atoms with van der Waals surface area (Å²) in [6.07, 6.45) is 0.233. The Bertz CT molecular complexity index is 829. The van der Waals surface area contributed by atoms with Gasteiger partial charge in [-0.05, 0) is 48.4 Å². The zero-order valence-electron chi connectivity index (χ0n) is 17.2. The van der Waals surface area contributed by atoms with E-state index in [1.54, 1.807) is 62.6 Å². The summed E-state index contributed by atoms with van der Waals surface area (Å²) < 4.78 is 21.7. The minimum Gasteiger partial charge on any atom is -0.497 e. The zero-order chi connectivity index (χ0) is 21.5. The van der Waals surface area contributed by atoms with Crippen molar-refractivity contribution >= 4 is 26.1 Å². The van der Waals surface area contributed by atoms with Gasteiger partial charge in [0, 0.05) is 21.3 Å². The number of carboxylic acids is 1. The van der Waals surface area contributed by atoms with Crippen molar-refractivity contribution in [1.29, 1.82) is 0 Å². The molecule has 9 heteroatoms. The second-order valence-corrected chi connectivity index (χ2v) is 9.37. The number of carbonyl (C=O) groups is 1. The van der Waals surface area contributed by atoms with Crippen LogP contribution >= 0.6 is 0 Å². The first-order valence-electron chi connectivity index (χ1n) is 8.98. The van der Waals surface area contributed by atoms with E-state index in [1.807, 2.05) is 0 Å². The van der Waals surface area contributed by atoms with Crippen LogP contribution in [-0.2, 0) is 23.1 Å². The Balaban J connectivity index is 2.38. The fourth-order valence-electron chi connectivity index (χ4n) is 3.35. The van der Waals surface area contributed by atoms with Crippen LogP contribution in [0.15, 0.2) is 58.8 Å². The van der Waals surface area contributed by atoms with Crippen LogP contribution in [0.3, 0.4) is 0 Å². The highest BCUT2D eigenvalue weighted by Gasteiger charge is 2.65. The lowest BCUT2D eigenvalue weighted by Crippen LogP contribution is -2.65. The number of benzene rings is 2. The van der Waals surface area contributed by atoms with E-state index in [0.29, 0.717) is 16.9 Å². The van der Waals surface area contributed by atoms with Gasteiger partial charge >= 0.3 is 14.8 Å². The van der Waals surface area contributed by atoms with Gasteiger partial charge in [-0.3, -0.25) is 4.79 Å². The van der Waals surface area contributed by atoms with Crippen molar-refractivity contribution in [3.63, 3.8) is 0 Å². The van der Waals surface area contributed by atoms with Gasteiger partial charge < -0.3 is 23.1 Å². The van der Waals surface area contributed by atoms with Crippen LogP contribution in [0.25, 0.3) is 0 Å². The second-order valence-electron chi connectivity index (χ2n) is 6.18. The van der Waals surface area contributed by atoms with Crippen molar-refractivity contribution in [2.75, 3.05) is 28.4 Å². The fourth-order valence-corrected chi connectivity index (χ4v) is 6.11. The lowest BCUT2D eigenvalue weighted by molar-refractivity contribution is -0.143. The van der Waals surface area contributed by atoms with Crippen molar-refractivity contribution < 1.29 is 27.9 Å². The van der Waals surface area contributed by atoms with Gasteiger partial charge in [0.15, 0.2) is 5.04 Å². The summed E-state index contributed by atoms with van der Waals surface area (Å²) in [7, 11) is 2.25. The van der Waals surface area contributed by atoms with Gasteiger partial charge in [0.1, 0.15) is 5.75 Å². The summed E-state index contributed by atoms with van der Waals surface area (Å²) in [5.41, 5.74) is 1.78. The molecule has 1 atom stereocenters. The van der Waals surface area contributed by atoms with Gasteiger partial charge in [-0.1, -0.05) is 19.1 Å². The van der Waals surface area contributed by atoms with Gasteiger partial charge in [0.2, 0.25) is 0 Å². The Hall–Kier alpha value is -2.59. The predicted octanol–water partition coefficient (Wildman–Crippen LogP) is 4.26. The van der Waals surface area contributed by atoms with E-state index >= 15 is 0 Å². The third-order valence-corrected chi connectivity index (χ3v) is 8.45. The van der Waals surface area contributed by atoms with Gasteiger partial charge in [0.25, 0.3) is 0 Å². The molecule has 2 aromatic rings. The molecule has 1 unspecified atom stereocenters. The summed E-state index contributed by atoms with van der Waals surface area (Å²) in [6.45, 7) is 1.77. The molecule has 0 saturated heterocycles. The van der Waals surface area contributed by atoms with Crippen molar-refractivity contribution in [2.45, 2.75) is 18.4 Å². The van der Waals surface area contributed by atoms with Crippen molar-refractivity contribution in [2.24, 2.45) is 10.2 Å². The van der Waals surface area contributed by atoms with E-state index in [1.165, 1.54) is 21.3 Å². The summed E-state index contributed by atoms with van der Waals surface area (Å²) in [5.74, 6) is -0.329. The topological polar surface area (TPSA) is 98.9 Å². The molecule has 1 N–H and O–H groups in total. The van der Waals surface area contributed by atoms with Crippen LogP contribution in [0.5, 0.6) is 5.75 Å². The molecular formula is C20H26N2O6Si. The van der Waals surface area contributed by atoms with E-state index in [-0.39, 0.29) is 6.42 Å². The van der Waals surface area contributed by atoms with Crippen molar-refractivity contribution in [3.05, 3.63) is 54.1 Å². The first-order chi connectivity index (χ1) is 13.9. The predicted molar refractivity (Wildman–Crippen MR) is 110 cm³/mol. The molecule has 29 heavy (non-hydrogen) atoms. The maximum atomic E-state index is 12.4. The smallest absolute Gasteiger partial charge is 0.497 e. The first kappa shape index (κ1) is 22.7. The number of ether oxygens (including phenoxy) is 1. The highest BCUT2D eigenvalue weighted by Crippen LogP contribution is 2.40. The Morgan fingerprint density at radius 2 is 1.34 bits per heavy atom. The molecule has 0 saturated carbocycles. The summed E-state index contributed by atoms with van der Waals surface area (Å²) in [5, 5.41) is 17.1. The molecule has 0 amide bonds. The molecule has 0 aliphatic heterocycles. The van der Waals surface area contributed by atoms with Crippen LogP contribution in [0.2, 0.25) is 0 Å². The molecule has 2 aromatic carbocycles. The maximum absolute atomic E-state index is 12.4. The monoisotopic (exact) mass is 418 g/mol. The Kier molecular flexibility index (Phi) is 7.63. The average Bonchev–Trinajstić information content (AvgIpc) is 2.77. The van der Waals surface area contributed by atoms with Crippen LogP contribution < -0.4 is 4.74 Å². The molecule has 8 nitrogen and oxygen atoms in total. The molecule has 0 aromatic heterocycles. The zero-order valence-corrected chi connectivity index (χ0v) is 18.2. The van der Waals surface area contributed by atoms with E-state index in [9.17, 15) is 9.90 Å². The minimum absolute atomic E-state index is 0.233. The minimum atomic E-state index is -3.56. The third-order valence-electron chi connectivity index (χ3n) is 4.94. The molecule has 0 spiro atoms. The van der Waals surface area contributed by atoms with Gasteiger partial charge in [0.05, 0.1) is 18.5 Å². The molecule has 2 rings (SSSR count). The second kappa shape index (κ2) is 9.75. The largest absolute Gasteiger partial charge is 0.522 e. The SMILES string of the molecule is CCC(C(=O)O)(c1ccc(N=Nc2ccc(OC)cc2)cc1)[Si](OC)(OC)OC. The number of aliphatic carboxylic acids is 1. The molecule has 0 bridgehead atoms. The number of azo groups is 1. The lowest BCUT2D eigenvalue weighted by atomic mass is 9.95. The molecule has 0 aliphatic rings. The third kappa shape index (κ3) is 4.22. The molecule has 0 aliphatic carbocycles. The maximum Gasteiger partial charge on any atom is 0.522 e. The highest BCUT2D eigenvalue weighted by molar-refractivity contribution is 6.68. The number of carboxylic acid groups (broad SMARTS) is 1. The van der Waals surface area contributed by atoms with Crippen LogP contribution in [0.4, 0.5) is 11.4 Å². The van der Waals surface area contributed by atoms with Crippen LogP contribution in [-0.4, -0.2) is 48.3 Å². The molecule has 0 fully saturated rings. The average molecular weight is 419 g/mol. The van der Waals surface area contributed by atoms with E-state index in [0.717, 1.165) is 5.75 Å². The van der Waals surface area contributed by atoms with E-state index in [2.05, 4.69) is 10.2 Å². The number of methoxy groups -OCH3 is 1. The standard InChI is InChI=1S/C20H26N2O6Si/c1-6-20(19(23)24,29(26-3,27-4)28-5)15-7-9-16(10-8-15)21-22-17-11-13-18(25-2)14-12-17/h7-14H,6H2,1-5H3,(H,23,24). The lowest BCUT2D eigenvalue weighted by Gasteiger charge is -2.40. The number of rotatable bonds is 10. The van der Waals surface area contributed by atoms with E-state index in [4.69, 9.17) is 18.0 Å². The Labute approximate surface area is 171 Å². The van der Waals surface area contributed by atoms with Crippen LogP contribution in [0.1, 0.15) is 18.9 Å². The molecular weight excluding hydrogens is 392 g/mol. The number of nitrogens with zero attached hydrogens (tertiary/aromatic N) is 2. The van der Waals surface area contributed by atoms with Crippen LogP contribution in [0, 0.1) is 0 Å². The van der Waals surface area contributed by atoms with Gasteiger partial charge in [-0.15, -0.1) is 0 Å². The number of hydrogen-bond acceptors (Lipinski definition) is 7. The summed E-state index contributed by atoms with van der Waals surface area (Å²) in [4.78, 5) is 12.4. The summed E-state index contributed by atoms with van der Waals surface area (Å²) in [6, 6.07) is 14.0. The first-order valence-corrected chi connectivity index (χ1v) is 10.7. The molecule has 0 heterocycles. The highest BCUT2D eigenvalue weighted by atomic mass is 28.4. The molecule has 156 valence electrons. The quantitative estimate of drug-likeness (QED) is 0.457. The van der Waals surface area contributed by atoms with Gasteiger partial charge in [-0.2, -0.15) is 10.2 Å². The van der Waals surface area contributed by atoms with Gasteiger partial charge in [-0.25, -0.2) is 0 Å². The van der Waals surface area contributed by atoms with Crippen molar-refractivity contribution in [1.82, 2.24) is 0 Å². The van der Waals surface area contributed by atoms with Crippen molar-refractivity contribution in [3.8, 4) is 5.75 Å². The Morgan fingerprint density at radius 3 is 1.69 bits per heavy atom. The Morgan fingerprint density at radius 1 is 0.897 bits per heavy atom. The van der Waals surface area contributed by atoms with E-state index < -0.39 is 19.8 Å². The molecule has 0 radical (unpaired) electrons.